The molecule has 0 saturated carbocycles. The molecule has 0 bridgehead atoms. The molecular weight excluding hydrogens is 288 g/mol. The number of aromatic hydroxyl groups is 1. The van der Waals surface area contributed by atoms with Crippen LogP contribution in [0.2, 0.25) is 0 Å². The van der Waals surface area contributed by atoms with E-state index < -0.39 is 9.84 Å². The van der Waals surface area contributed by atoms with Crippen LogP contribution < -0.4 is 4.90 Å². The molecule has 2 rings (SSSR count). The van der Waals surface area contributed by atoms with Crippen molar-refractivity contribution in [1.82, 2.24) is 4.90 Å². The average Bonchev–Trinajstić information content (AvgIpc) is 2.45. The van der Waals surface area contributed by atoms with Gasteiger partial charge in [0.05, 0.1) is 0 Å². The number of rotatable bonds is 5. The van der Waals surface area contributed by atoms with Crippen LogP contribution in [-0.4, -0.2) is 57.4 Å². The predicted molar refractivity (Wildman–Crippen MR) is 84.8 cm³/mol. The molecule has 1 saturated heterocycles. The third kappa shape index (κ3) is 4.11. The molecule has 0 aliphatic carbocycles. The summed E-state index contributed by atoms with van der Waals surface area (Å²) >= 11 is 0. The van der Waals surface area contributed by atoms with Crippen LogP contribution in [0.25, 0.3) is 0 Å². The van der Waals surface area contributed by atoms with Crippen LogP contribution >= 0.6 is 0 Å². The number of benzene rings is 1. The summed E-state index contributed by atoms with van der Waals surface area (Å²) in [4.78, 5) is 4.63. The van der Waals surface area contributed by atoms with Crippen molar-refractivity contribution in [3.8, 4) is 5.75 Å². The smallest absolute Gasteiger partial charge is 0.179 e. The number of piperazine rings is 1. The Balaban J connectivity index is 2.07. The van der Waals surface area contributed by atoms with Crippen LogP contribution in [0.3, 0.4) is 0 Å². The van der Waals surface area contributed by atoms with E-state index in [4.69, 9.17) is 0 Å². The highest BCUT2D eigenvalue weighted by Gasteiger charge is 2.20. The zero-order valence-corrected chi connectivity index (χ0v) is 13.6. The second-order valence-electron chi connectivity index (χ2n) is 5.61. The molecule has 1 heterocycles. The van der Waals surface area contributed by atoms with E-state index in [-0.39, 0.29) is 10.6 Å². The van der Waals surface area contributed by atoms with Gasteiger partial charge in [0.2, 0.25) is 0 Å². The maximum atomic E-state index is 11.7. The lowest BCUT2D eigenvalue weighted by atomic mass is 10.2. The Labute approximate surface area is 127 Å². The van der Waals surface area contributed by atoms with E-state index in [9.17, 15) is 13.5 Å². The van der Waals surface area contributed by atoms with Gasteiger partial charge < -0.3 is 10.0 Å². The highest BCUT2D eigenvalue weighted by atomic mass is 32.2. The van der Waals surface area contributed by atoms with E-state index >= 15 is 0 Å². The topological polar surface area (TPSA) is 60.9 Å². The molecule has 1 fully saturated rings. The van der Waals surface area contributed by atoms with Crippen molar-refractivity contribution in [2.75, 3.05) is 43.9 Å². The van der Waals surface area contributed by atoms with Crippen LogP contribution in [0.1, 0.15) is 19.8 Å². The van der Waals surface area contributed by atoms with Gasteiger partial charge in [-0.15, -0.1) is 0 Å². The number of unbranched alkanes of at least 4 members (excludes halogenated alkanes) is 1. The van der Waals surface area contributed by atoms with Crippen molar-refractivity contribution >= 4 is 15.5 Å². The molecule has 21 heavy (non-hydrogen) atoms. The number of nitrogens with zero attached hydrogens (tertiary/aromatic N) is 2. The van der Waals surface area contributed by atoms with Gasteiger partial charge in [-0.3, -0.25) is 4.90 Å². The summed E-state index contributed by atoms with van der Waals surface area (Å²) in [5, 5.41) is 9.70. The van der Waals surface area contributed by atoms with Gasteiger partial charge in [-0.25, -0.2) is 8.42 Å². The second kappa shape index (κ2) is 6.66. The monoisotopic (exact) mass is 312 g/mol. The molecule has 1 aliphatic heterocycles. The summed E-state index contributed by atoms with van der Waals surface area (Å²) in [5.74, 6) is -0.178. The summed E-state index contributed by atoms with van der Waals surface area (Å²) < 4.78 is 23.3. The van der Waals surface area contributed by atoms with Gasteiger partial charge >= 0.3 is 0 Å². The quantitative estimate of drug-likeness (QED) is 0.897. The van der Waals surface area contributed by atoms with Crippen molar-refractivity contribution in [3.63, 3.8) is 0 Å². The molecule has 5 nitrogen and oxygen atoms in total. The second-order valence-corrected chi connectivity index (χ2v) is 7.59. The standard InChI is InChI=1S/C15H24N2O3S/c1-3-4-7-16-8-10-17(11-9-16)13-5-6-14(18)15(12-13)21(2,19)20/h5-6,12,18H,3-4,7-11H2,1-2H3. The Kier molecular flexibility index (Phi) is 5.11. The van der Waals surface area contributed by atoms with Crippen LogP contribution in [0, 0.1) is 0 Å². The Morgan fingerprint density at radius 3 is 2.43 bits per heavy atom. The fourth-order valence-corrected chi connectivity index (χ4v) is 3.39. The van der Waals surface area contributed by atoms with Crippen molar-refractivity contribution < 1.29 is 13.5 Å². The molecule has 0 atom stereocenters. The number of hydrogen-bond acceptors (Lipinski definition) is 5. The first-order chi connectivity index (χ1) is 9.91. The lowest BCUT2D eigenvalue weighted by Crippen LogP contribution is -2.46. The Morgan fingerprint density at radius 1 is 1.19 bits per heavy atom. The predicted octanol–water partition coefficient (Wildman–Crippen LogP) is 1.72. The first-order valence-electron chi connectivity index (χ1n) is 7.42. The molecule has 1 aromatic rings. The van der Waals surface area contributed by atoms with Crippen molar-refractivity contribution in [2.24, 2.45) is 0 Å². The molecule has 0 radical (unpaired) electrons. The van der Waals surface area contributed by atoms with Crippen LogP contribution in [0.4, 0.5) is 5.69 Å². The van der Waals surface area contributed by atoms with Crippen LogP contribution in [0.5, 0.6) is 5.75 Å². The van der Waals surface area contributed by atoms with Gasteiger partial charge in [-0.05, 0) is 31.2 Å². The summed E-state index contributed by atoms with van der Waals surface area (Å²) in [7, 11) is -3.40. The third-order valence-corrected chi connectivity index (χ3v) is 5.03. The van der Waals surface area contributed by atoms with Crippen LogP contribution in [0.15, 0.2) is 23.1 Å². The molecule has 0 unspecified atom stereocenters. The molecule has 6 heteroatoms. The number of anilines is 1. The van der Waals surface area contributed by atoms with E-state index in [1.807, 2.05) is 0 Å². The minimum absolute atomic E-state index is 0.00779. The van der Waals surface area contributed by atoms with E-state index in [1.54, 1.807) is 12.1 Å². The van der Waals surface area contributed by atoms with E-state index in [1.165, 1.54) is 18.9 Å². The maximum absolute atomic E-state index is 11.7. The SMILES string of the molecule is CCCCN1CCN(c2ccc(O)c(S(C)(=O)=O)c2)CC1. The molecule has 1 N–H and O–H groups in total. The minimum Gasteiger partial charge on any atom is -0.507 e. The van der Waals surface area contributed by atoms with E-state index in [0.29, 0.717) is 0 Å². The summed E-state index contributed by atoms with van der Waals surface area (Å²) in [6.45, 7) is 7.09. The molecule has 1 aliphatic rings. The van der Waals surface area contributed by atoms with E-state index in [2.05, 4.69) is 16.7 Å². The number of sulfone groups is 1. The minimum atomic E-state index is -3.40. The Hall–Kier alpha value is -1.27. The molecule has 1 aromatic carbocycles. The normalized spacial score (nSPS) is 17.1. The Morgan fingerprint density at radius 2 is 1.86 bits per heavy atom. The van der Waals surface area contributed by atoms with Gasteiger partial charge in [0.1, 0.15) is 10.6 Å². The summed E-state index contributed by atoms with van der Waals surface area (Å²) in [5.41, 5.74) is 0.864. The highest BCUT2D eigenvalue weighted by Crippen LogP contribution is 2.28. The molecular formula is C15H24N2O3S. The van der Waals surface area contributed by atoms with Gasteiger partial charge in [0, 0.05) is 38.1 Å². The molecule has 0 spiro atoms. The summed E-state index contributed by atoms with van der Waals surface area (Å²) in [6.07, 6.45) is 3.54. The third-order valence-electron chi connectivity index (χ3n) is 3.91. The van der Waals surface area contributed by atoms with Gasteiger partial charge in [-0.2, -0.15) is 0 Å². The molecule has 0 amide bonds. The van der Waals surface area contributed by atoms with Gasteiger partial charge in [-0.1, -0.05) is 13.3 Å². The van der Waals surface area contributed by atoms with Gasteiger partial charge in [0.25, 0.3) is 0 Å². The fraction of sp³-hybridized carbons (Fsp3) is 0.600. The molecule has 0 aromatic heterocycles. The fourth-order valence-electron chi connectivity index (χ4n) is 2.61. The first kappa shape index (κ1) is 16.1. The average molecular weight is 312 g/mol. The zero-order chi connectivity index (χ0) is 15.5. The highest BCUT2D eigenvalue weighted by molar-refractivity contribution is 7.90. The summed E-state index contributed by atoms with van der Waals surface area (Å²) in [6, 6.07) is 4.83. The lowest BCUT2D eigenvalue weighted by molar-refractivity contribution is 0.254. The van der Waals surface area contributed by atoms with Crippen molar-refractivity contribution in [1.29, 1.82) is 0 Å². The van der Waals surface area contributed by atoms with Crippen molar-refractivity contribution in [2.45, 2.75) is 24.7 Å². The Bertz CT molecular complexity index is 579. The van der Waals surface area contributed by atoms with Gasteiger partial charge in [0.15, 0.2) is 9.84 Å². The molecule has 118 valence electrons. The van der Waals surface area contributed by atoms with Crippen LogP contribution in [-0.2, 0) is 9.84 Å². The number of hydrogen-bond donors (Lipinski definition) is 1. The maximum Gasteiger partial charge on any atom is 0.179 e. The largest absolute Gasteiger partial charge is 0.507 e. The lowest BCUT2D eigenvalue weighted by Gasteiger charge is -2.36. The van der Waals surface area contributed by atoms with E-state index in [0.717, 1.165) is 44.7 Å². The first-order valence-corrected chi connectivity index (χ1v) is 9.31. The number of phenolic OH excluding ortho intramolecular Hbond substituents is 1. The van der Waals surface area contributed by atoms with Crippen molar-refractivity contribution in [3.05, 3.63) is 18.2 Å². The number of phenols is 1. The zero-order valence-electron chi connectivity index (χ0n) is 12.7.